The molecule has 0 spiro atoms. The maximum Gasteiger partial charge on any atom is 0.0579 e. The smallest absolute Gasteiger partial charge is 0.0579 e. The van der Waals surface area contributed by atoms with Crippen LogP contribution in [-0.2, 0) is 0 Å². The first-order valence-electron chi connectivity index (χ1n) is 6.76. The first-order chi connectivity index (χ1) is 9.22. The molecule has 1 nitrogen and oxygen atoms in total. The van der Waals surface area contributed by atoms with Crippen LogP contribution < -0.4 is 5.32 Å². The summed E-state index contributed by atoms with van der Waals surface area (Å²) in [5.74, 6) is 0. The van der Waals surface area contributed by atoms with Gasteiger partial charge in [-0.05, 0) is 48.7 Å². The van der Waals surface area contributed by atoms with Crippen molar-refractivity contribution in [2.45, 2.75) is 26.3 Å². The number of rotatable bonds is 5. The normalized spacial score (nSPS) is 12.4. The molecule has 1 atom stereocenters. The average molecular weight is 318 g/mol. The molecule has 2 aromatic carbocycles. The zero-order valence-electron chi connectivity index (χ0n) is 11.5. The lowest BCUT2D eigenvalue weighted by molar-refractivity contribution is 0.596. The highest BCUT2D eigenvalue weighted by Gasteiger charge is 2.14. The van der Waals surface area contributed by atoms with Crippen molar-refractivity contribution in [3.05, 3.63) is 69.7 Å². The highest BCUT2D eigenvalue weighted by molar-refractivity contribution is 9.10. The van der Waals surface area contributed by atoms with E-state index in [1.807, 2.05) is 0 Å². The molecule has 1 unspecified atom stereocenters. The van der Waals surface area contributed by atoms with Crippen molar-refractivity contribution in [2.75, 3.05) is 6.54 Å². The largest absolute Gasteiger partial charge is 0.306 e. The topological polar surface area (TPSA) is 12.0 Å². The molecule has 0 aliphatic rings. The van der Waals surface area contributed by atoms with Gasteiger partial charge < -0.3 is 5.32 Å². The first-order valence-corrected chi connectivity index (χ1v) is 7.56. The van der Waals surface area contributed by atoms with Crippen molar-refractivity contribution in [1.29, 1.82) is 0 Å². The molecular weight excluding hydrogens is 298 g/mol. The van der Waals surface area contributed by atoms with Gasteiger partial charge in [0.1, 0.15) is 0 Å². The Bertz CT molecular complexity index is 522. The van der Waals surface area contributed by atoms with Gasteiger partial charge in [-0.3, -0.25) is 0 Å². The summed E-state index contributed by atoms with van der Waals surface area (Å²) in [4.78, 5) is 0. The van der Waals surface area contributed by atoms with Crippen LogP contribution in [0.2, 0.25) is 0 Å². The minimum atomic E-state index is 0.272. The zero-order chi connectivity index (χ0) is 13.7. The van der Waals surface area contributed by atoms with Crippen LogP contribution in [-0.4, -0.2) is 6.54 Å². The van der Waals surface area contributed by atoms with Crippen LogP contribution in [0.15, 0.2) is 53.0 Å². The summed E-state index contributed by atoms with van der Waals surface area (Å²) >= 11 is 3.53. The Morgan fingerprint density at radius 2 is 1.84 bits per heavy atom. The van der Waals surface area contributed by atoms with Crippen LogP contribution in [0.1, 0.15) is 36.1 Å². The molecule has 0 fully saturated rings. The van der Waals surface area contributed by atoms with Crippen LogP contribution >= 0.6 is 15.9 Å². The third-order valence-electron chi connectivity index (χ3n) is 3.27. The second kappa shape index (κ2) is 6.88. The number of hydrogen-bond acceptors (Lipinski definition) is 1. The van der Waals surface area contributed by atoms with E-state index in [2.05, 4.69) is 83.6 Å². The third kappa shape index (κ3) is 3.68. The number of halogens is 1. The Hall–Kier alpha value is -1.12. The lowest BCUT2D eigenvalue weighted by atomic mass is 9.95. The van der Waals surface area contributed by atoms with Gasteiger partial charge in [-0.25, -0.2) is 0 Å². The molecule has 0 aromatic heterocycles. The molecule has 2 heteroatoms. The second-order valence-corrected chi connectivity index (χ2v) is 5.71. The van der Waals surface area contributed by atoms with Gasteiger partial charge in [-0.1, -0.05) is 59.3 Å². The molecular formula is C17H20BrN. The lowest BCUT2D eigenvalue weighted by Gasteiger charge is -2.21. The molecule has 0 saturated carbocycles. The van der Waals surface area contributed by atoms with Crippen molar-refractivity contribution in [3.8, 4) is 0 Å². The summed E-state index contributed by atoms with van der Waals surface area (Å²) < 4.78 is 1.14. The van der Waals surface area contributed by atoms with E-state index in [-0.39, 0.29) is 6.04 Å². The van der Waals surface area contributed by atoms with E-state index < -0.39 is 0 Å². The van der Waals surface area contributed by atoms with Gasteiger partial charge in [0, 0.05) is 4.47 Å². The molecule has 0 amide bonds. The fraction of sp³-hybridized carbons (Fsp3) is 0.294. The Labute approximate surface area is 124 Å². The van der Waals surface area contributed by atoms with Gasteiger partial charge in [-0.15, -0.1) is 0 Å². The van der Waals surface area contributed by atoms with Gasteiger partial charge in [0.2, 0.25) is 0 Å². The number of benzene rings is 2. The SMILES string of the molecule is CCCNC(c1ccccc1)c1ccc(Br)cc1C. The fourth-order valence-electron chi connectivity index (χ4n) is 2.30. The minimum absolute atomic E-state index is 0.272. The van der Waals surface area contributed by atoms with E-state index in [4.69, 9.17) is 0 Å². The van der Waals surface area contributed by atoms with Crippen molar-refractivity contribution in [1.82, 2.24) is 5.32 Å². The summed E-state index contributed by atoms with van der Waals surface area (Å²) in [7, 11) is 0. The van der Waals surface area contributed by atoms with Crippen LogP contribution in [0.5, 0.6) is 0 Å². The second-order valence-electron chi connectivity index (χ2n) is 4.80. The summed E-state index contributed by atoms with van der Waals surface area (Å²) in [5.41, 5.74) is 3.98. The van der Waals surface area contributed by atoms with Crippen LogP contribution in [0.3, 0.4) is 0 Å². The summed E-state index contributed by atoms with van der Waals surface area (Å²) in [6.07, 6.45) is 1.14. The molecule has 0 heterocycles. The highest BCUT2D eigenvalue weighted by atomic mass is 79.9. The predicted octanol–water partition coefficient (Wildman–Crippen LogP) is 4.85. The molecule has 0 radical (unpaired) electrons. The average Bonchev–Trinajstić information content (AvgIpc) is 2.42. The van der Waals surface area contributed by atoms with E-state index >= 15 is 0 Å². The maximum absolute atomic E-state index is 3.65. The van der Waals surface area contributed by atoms with E-state index in [1.54, 1.807) is 0 Å². The standard InChI is InChI=1S/C17H20BrN/c1-3-11-19-17(14-7-5-4-6-8-14)16-10-9-15(18)12-13(16)2/h4-10,12,17,19H,3,11H2,1-2H3. The van der Waals surface area contributed by atoms with Crippen molar-refractivity contribution < 1.29 is 0 Å². The molecule has 2 aromatic rings. The Morgan fingerprint density at radius 1 is 1.11 bits per heavy atom. The molecule has 100 valence electrons. The minimum Gasteiger partial charge on any atom is -0.306 e. The van der Waals surface area contributed by atoms with Crippen LogP contribution in [0, 0.1) is 6.92 Å². The van der Waals surface area contributed by atoms with E-state index in [9.17, 15) is 0 Å². The summed E-state index contributed by atoms with van der Waals surface area (Å²) in [6.45, 7) is 5.39. The maximum atomic E-state index is 3.65. The van der Waals surface area contributed by atoms with Crippen molar-refractivity contribution in [2.24, 2.45) is 0 Å². The van der Waals surface area contributed by atoms with Gasteiger partial charge in [0.25, 0.3) is 0 Å². The molecule has 1 N–H and O–H groups in total. The Balaban J connectivity index is 2.37. The van der Waals surface area contributed by atoms with E-state index in [0.717, 1.165) is 17.4 Å². The summed E-state index contributed by atoms with van der Waals surface area (Å²) in [6, 6.07) is 17.4. The molecule has 0 aliphatic carbocycles. The van der Waals surface area contributed by atoms with E-state index in [1.165, 1.54) is 16.7 Å². The van der Waals surface area contributed by atoms with Crippen LogP contribution in [0.4, 0.5) is 0 Å². The lowest BCUT2D eigenvalue weighted by Crippen LogP contribution is -2.23. The predicted molar refractivity (Wildman–Crippen MR) is 85.5 cm³/mol. The third-order valence-corrected chi connectivity index (χ3v) is 3.77. The molecule has 2 rings (SSSR count). The zero-order valence-corrected chi connectivity index (χ0v) is 13.1. The number of nitrogens with one attached hydrogen (secondary N) is 1. The highest BCUT2D eigenvalue weighted by Crippen LogP contribution is 2.27. The van der Waals surface area contributed by atoms with E-state index in [0.29, 0.717) is 0 Å². The molecule has 0 aliphatic heterocycles. The molecule has 0 saturated heterocycles. The van der Waals surface area contributed by atoms with Crippen LogP contribution in [0.25, 0.3) is 0 Å². The Morgan fingerprint density at radius 3 is 2.47 bits per heavy atom. The quantitative estimate of drug-likeness (QED) is 0.831. The van der Waals surface area contributed by atoms with Gasteiger partial charge >= 0.3 is 0 Å². The number of hydrogen-bond donors (Lipinski definition) is 1. The van der Waals surface area contributed by atoms with Gasteiger partial charge in [0.15, 0.2) is 0 Å². The fourth-order valence-corrected chi connectivity index (χ4v) is 2.78. The van der Waals surface area contributed by atoms with Crippen molar-refractivity contribution in [3.63, 3.8) is 0 Å². The monoisotopic (exact) mass is 317 g/mol. The Kier molecular flexibility index (Phi) is 5.17. The van der Waals surface area contributed by atoms with Crippen molar-refractivity contribution >= 4 is 15.9 Å². The summed E-state index contributed by atoms with van der Waals surface area (Å²) in [5, 5.41) is 3.65. The molecule has 19 heavy (non-hydrogen) atoms. The first kappa shape index (κ1) is 14.3. The molecule has 0 bridgehead atoms. The van der Waals surface area contributed by atoms with Gasteiger partial charge in [-0.2, -0.15) is 0 Å². The van der Waals surface area contributed by atoms with Gasteiger partial charge in [0.05, 0.1) is 6.04 Å². The number of aryl methyl sites for hydroxylation is 1.